The van der Waals surface area contributed by atoms with Crippen molar-refractivity contribution in [2.75, 3.05) is 13.2 Å². The number of ether oxygens (including phenoxy) is 2. The maximum Gasteiger partial charge on any atom is 0.243 e. The third-order valence-electron chi connectivity index (χ3n) is 6.93. The summed E-state index contributed by atoms with van der Waals surface area (Å²) >= 11 is 12.6. The average Bonchev–Trinajstić information content (AvgIpc) is 2.90. The molecule has 0 heterocycles. The van der Waals surface area contributed by atoms with Crippen LogP contribution in [0, 0.1) is 0 Å². The zero-order valence-corrected chi connectivity index (χ0v) is 24.2. The number of halogens is 2. The molecule has 1 saturated carbocycles. The summed E-state index contributed by atoms with van der Waals surface area (Å²) in [7, 11) is 0. The lowest BCUT2D eigenvalue weighted by Crippen LogP contribution is -2.51. The first-order valence-electron chi connectivity index (χ1n) is 13.8. The van der Waals surface area contributed by atoms with Crippen molar-refractivity contribution in [3.05, 3.63) is 57.6 Å². The number of amides is 2. The quantitative estimate of drug-likeness (QED) is 0.286. The highest BCUT2D eigenvalue weighted by atomic mass is 35.5. The first-order chi connectivity index (χ1) is 18.4. The summed E-state index contributed by atoms with van der Waals surface area (Å²) in [6.07, 6.45) is 6.69. The third-order valence-corrected chi connectivity index (χ3v) is 7.52. The van der Waals surface area contributed by atoms with Gasteiger partial charge >= 0.3 is 0 Å². The molecule has 2 aromatic carbocycles. The van der Waals surface area contributed by atoms with Crippen LogP contribution in [0.15, 0.2) is 36.4 Å². The van der Waals surface area contributed by atoms with E-state index in [-0.39, 0.29) is 30.8 Å². The highest BCUT2D eigenvalue weighted by Crippen LogP contribution is 2.30. The van der Waals surface area contributed by atoms with Gasteiger partial charge in [0.2, 0.25) is 11.8 Å². The molecule has 2 amide bonds. The predicted octanol–water partition coefficient (Wildman–Crippen LogP) is 6.98. The van der Waals surface area contributed by atoms with Crippen LogP contribution in [0.3, 0.4) is 0 Å². The molecule has 0 spiro atoms. The first kappa shape index (κ1) is 30.1. The van der Waals surface area contributed by atoms with Gasteiger partial charge in [0.1, 0.15) is 6.04 Å². The van der Waals surface area contributed by atoms with Gasteiger partial charge in [0.05, 0.1) is 13.2 Å². The van der Waals surface area contributed by atoms with Gasteiger partial charge in [-0.3, -0.25) is 9.59 Å². The van der Waals surface area contributed by atoms with Crippen molar-refractivity contribution in [2.24, 2.45) is 0 Å². The Hall–Kier alpha value is -2.44. The van der Waals surface area contributed by atoms with Gasteiger partial charge in [0.25, 0.3) is 0 Å². The fourth-order valence-corrected chi connectivity index (χ4v) is 5.41. The highest BCUT2D eigenvalue weighted by molar-refractivity contribution is 6.35. The standard InChI is InChI=1S/C30H40Cl2N2O4/c1-4-26(30(36)33-24-10-8-7-9-11-24)34(20-22-14-15-23(31)19-25(22)32)29(35)17-13-21-12-16-27(37-5-2)28(18-21)38-6-3/h12,14-16,18-19,24,26H,4-11,13,17,20H2,1-3H3,(H,33,36)/t26-/m0/s1. The smallest absolute Gasteiger partial charge is 0.243 e. The molecule has 1 N–H and O–H groups in total. The Morgan fingerprint density at radius 1 is 0.974 bits per heavy atom. The molecule has 3 rings (SSSR count). The topological polar surface area (TPSA) is 67.9 Å². The lowest BCUT2D eigenvalue weighted by atomic mass is 9.95. The van der Waals surface area contributed by atoms with Crippen LogP contribution in [-0.4, -0.2) is 42.0 Å². The molecule has 0 bridgehead atoms. The monoisotopic (exact) mass is 562 g/mol. The fourth-order valence-electron chi connectivity index (χ4n) is 4.94. The van der Waals surface area contributed by atoms with Crippen molar-refractivity contribution < 1.29 is 19.1 Å². The summed E-state index contributed by atoms with van der Waals surface area (Å²) in [6.45, 7) is 7.09. The minimum Gasteiger partial charge on any atom is -0.490 e. The third kappa shape index (κ3) is 8.54. The Bertz CT molecular complexity index is 1070. The second-order valence-electron chi connectivity index (χ2n) is 9.67. The second kappa shape index (κ2) is 15.2. The first-order valence-corrected chi connectivity index (χ1v) is 14.5. The summed E-state index contributed by atoms with van der Waals surface area (Å²) in [5, 5.41) is 4.22. The molecule has 0 aliphatic heterocycles. The van der Waals surface area contributed by atoms with Crippen LogP contribution in [0.25, 0.3) is 0 Å². The molecule has 38 heavy (non-hydrogen) atoms. The Labute approximate surface area is 237 Å². The Morgan fingerprint density at radius 3 is 2.34 bits per heavy atom. The van der Waals surface area contributed by atoms with Crippen LogP contribution in [0.5, 0.6) is 11.5 Å². The van der Waals surface area contributed by atoms with Gasteiger partial charge in [-0.15, -0.1) is 0 Å². The Morgan fingerprint density at radius 2 is 1.68 bits per heavy atom. The average molecular weight is 564 g/mol. The van der Waals surface area contributed by atoms with Crippen LogP contribution in [0.2, 0.25) is 10.0 Å². The van der Waals surface area contributed by atoms with Gasteiger partial charge in [-0.05, 0) is 74.9 Å². The van der Waals surface area contributed by atoms with E-state index in [1.54, 1.807) is 17.0 Å². The van der Waals surface area contributed by atoms with E-state index in [1.807, 2.05) is 45.0 Å². The summed E-state index contributed by atoms with van der Waals surface area (Å²) in [4.78, 5) is 28.8. The van der Waals surface area contributed by atoms with Gasteiger partial charge in [0, 0.05) is 29.1 Å². The number of hydrogen-bond acceptors (Lipinski definition) is 4. The Balaban J connectivity index is 1.79. The minimum absolute atomic E-state index is 0.0995. The zero-order chi connectivity index (χ0) is 27.5. The molecule has 0 aromatic heterocycles. The minimum atomic E-state index is -0.588. The summed E-state index contributed by atoms with van der Waals surface area (Å²) in [5.74, 6) is 1.15. The predicted molar refractivity (Wildman–Crippen MR) is 153 cm³/mol. The molecule has 1 aliphatic carbocycles. The maximum atomic E-state index is 13.7. The van der Waals surface area contributed by atoms with E-state index in [4.69, 9.17) is 32.7 Å². The number of rotatable bonds is 13. The van der Waals surface area contributed by atoms with Crippen molar-refractivity contribution in [1.82, 2.24) is 10.2 Å². The van der Waals surface area contributed by atoms with E-state index in [0.717, 1.165) is 36.8 Å². The molecular formula is C30H40Cl2N2O4. The van der Waals surface area contributed by atoms with Gasteiger partial charge in [-0.2, -0.15) is 0 Å². The van der Waals surface area contributed by atoms with Crippen molar-refractivity contribution >= 4 is 35.0 Å². The molecule has 208 valence electrons. The molecule has 1 aliphatic rings. The Kier molecular flexibility index (Phi) is 12.1. The van der Waals surface area contributed by atoms with Gasteiger partial charge in [-0.1, -0.05) is 61.5 Å². The van der Waals surface area contributed by atoms with Crippen LogP contribution < -0.4 is 14.8 Å². The molecule has 0 saturated heterocycles. The summed E-state index contributed by atoms with van der Waals surface area (Å²) < 4.78 is 11.4. The maximum absolute atomic E-state index is 13.7. The van der Waals surface area contributed by atoms with E-state index < -0.39 is 6.04 Å². The fraction of sp³-hybridized carbons (Fsp3) is 0.533. The molecule has 8 heteroatoms. The van der Waals surface area contributed by atoms with E-state index in [9.17, 15) is 9.59 Å². The normalized spacial score (nSPS) is 14.6. The van der Waals surface area contributed by atoms with E-state index >= 15 is 0 Å². The lowest BCUT2D eigenvalue weighted by molar-refractivity contribution is -0.141. The van der Waals surface area contributed by atoms with Crippen LogP contribution in [0.4, 0.5) is 0 Å². The van der Waals surface area contributed by atoms with Crippen molar-refractivity contribution in [1.29, 1.82) is 0 Å². The number of benzene rings is 2. The molecule has 1 fully saturated rings. The van der Waals surface area contributed by atoms with Crippen LogP contribution in [-0.2, 0) is 22.6 Å². The van der Waals surface area contributed by atoms with Gasteiger partial charge in [0.15, 0.2) is 11.5 Å². The summed E-state index contributed by atoms with van der Waals surface area (Å²) in [6, 6.07) is 10.6. The molecule has 2 aromatic rings. The van der Waals surface area contributed by atoms with Crippen molar-refractivity contribution in [3.8, 4) is 11.5 Å². The summed E-state index contributed by atoms with van der Waals surface area (Å²) in [5.41, 5.74) is 1.72. The molecule has 1 atom stereocenters. The molecular weight excluding hydrogens is 523 g/mol. The van der Waals surface area contributed by atoms with Crippen LogP contribution >= 0.6 is 23.2 Å². The lowest BCUT2D eigenvalue weighted by Gasteiger charge is -2.33. The largest absolute Gasteiger partial charge is 0.490 e. The van der Waals surface area contributed by atoms with Crippen LogP contribution in [0.1, 0.15) is 76.8 Å². The van der Waals surface area contributed by atoms with Crippen molar-refractivity contribution in [3.63, 3.8) is 0 Å². The van der Waals surface area contributed by atoms with E-state index in [2.05, 4.69) is 5.32 Å². The van der Waals surface area contributed by atoms with E-state index in [1.165, 1.54) is 6.42 Å². The highest BCUT2D eigenvalue weighted by Gasteiger charge is 2.30. The van der Waals surface area contributed by atoms with Crippen molar-refractivity contribution in [2.45, 2.75) is 90.8 Å². The SMILES string of the molecule is CCOc1ccc(CCC(=O)N(Cc2ccc(Cl)cc2Cl)[C@@H](CC)C(=O)NC2CCCCC2)cc1OCC. The number of nitrogens with zero attached hydrogens (tertiary/aromatic N) is 1. The molecule has 0 radical (unpaired) electrons. The number of nitrogens with one attached hydrogen (secondary N) is 1. The number of carbonyl (C=O) groups is 2. The number of aryl methyl sites for hydroxylation is 1. The van der Waals surface area contributed by atoms with Gasteiger partial charge < -0.3 is 19.7 Å². The zero-order valence-electron chi connectivity index (χ0n) is 22.7. The molecule has 6 nitrogen and oxygen atoms in total. The van der Waals surface area contributed by atoms with E-state index in [0.29, 0.717) is 47.6 Å². The number of hydrogen-bond donors (Lipinski definition) is 1. The van der Waals surface area contributed by atoms with Gasteiger partial charge in [-0.25, -0.2) is 0 Å². The second-order valence-corrected chi connectivity index (χ2v) is 10.5. The molecule has 0 unspecified atom stereocenters. The number of carbonyl (C=O) groups excluding carboxylic acids is 2.